The van der Waals surface area contributed by atoms with Gasteiger partial charge in [-0.15, -0.1) is 0 Å². The average molecular weight is 409 g/mol. The number of imide groups is 1. The lowest BCUT2D eigenvalue weighted by molar-refractivity contribution is -0.133. The van der Waals surface area contributed by atoms with Crippen LogP contribution in [0, 0.1) is 0 Å². The van der Waals surface area contributed by atoms with Crippen molar-refractivity contribution in [3.63, 3.8) is 0 Å². The van der Waals surface area contributed by atoms with E-state index in [0.29, 0.717) is 17.0 Å². The Hall–Kier alpha value is -3.68. The van der Waals surface area contributed by atoms with E-state index >= 15 is 0 Å². The second-order valence-corrected chi connectivity index (χ2v) is 7.33. The van der Waals surface area contributed by atoms with Crippen LogP contribution in [0.5, 0.6) is 5.75 Å². The largest absolute Gasteiger partial charge is 0.496 e. The monoisotopic (exact) mass is 409 g/mol. The van der Waals surface area contributed by atoms with Gasteiger partial charge in [0.1, 0.15) is 17.8 Å². The molecule has 0 aromatic heterocycles. The summed E-state index contributed by atoms with van der Waals surface area (Å²) >= 11 is 0. The number of nitrogens with one attached hydrogen (secondary N) is 2. The maximum Gasteiger partial charge on any atom is 0.325 e. The molecule has 1 saturated heterocycles. The van der Waals surface area contributed by atoms with E-state index in [9.17, 15) is 19.2 Å². The van der Waals surface area contributed by atoms with Crippen molar-refractivity contribution in [2.75, 3.05) is 19.0 Å². The maximum atomic E-state index is 13.0. The average Bonchev–Trinajstić information content (AvgIpc) is 2.91. The highest BCUT2D eigenvalue weighted by molar-refractivity contribution is 6.10. The highest BCUT2D eigenvalue weighted by atomic mass is 16.5. The fourth-order valence-electron chi connectivity index (χ4n) is 3.40. The molecule has 0 radical (unpaired) electrons. The standard InChI is InChI=1S/C22H23N3O5/c1-14(26)15-8-6-9-17(11-15)23-19(27)13-25-20(28)22(2,24-21(25)29)12-16-7-4-5-10-18(16)30-3/h4-11H,12-13H2,1-3H3,(H,23,27)(H,24,29)/t22-/m0/s1. The number of nitrogens with zero attached hydrogens (tertiary/aromatic N) is 1. The molecule has 8 heteroatoms. The molecule has 1 aliphatic rings. The number of methoxy groups -OCH3 is 1. The van der Waals surface area contributed by atoms with Crippen LogP contribution in [0.15, 0.2) is 48.5 Å². The normalized spacial score (nSPS) is 18.2. The first kappa shape index (κ1) is 21.0. The van der Waals surface area contributed by atoms with Gasteiger partial charge in [-0.25, -0.2) is 4.79 Å². The molecule has 0 spiro atoms. The van der Waals surface area contributed by atoms with Crippen LogP contribution in [0.3, 0.4) is 0 Å². The molecular weight excluding hydrogens is 386 g/mol. The lowest BCUT2D eigenvalue weighted by atomic mass is 9.92. The zero-order valence-electron chi connectivity index (χ0n) is 17.0. The first-order valence-corrected chi connectivity index (χ1v) is 9.40. The molecule has 4 amide bonds. The highest BCUT2D eigenvalue weighted by Crippen LogP contribution is 2.27. The van der Waals surface area contributed by atoms with Crippen LogP contribution in [0.25, 0.3) is 0 Å². The minimum Gasteiger partial charge on any atom is -0.496 e. The van der Waals surface area contributed by atoms with Crippen LogP contribution in [0.4, 0.5) is 10.5 Å². The number of anilines is 1. The molecule has 1 atom stereocenters. The first-order valence-electron chi connectivity index (χ1n) is 9.40. The number of carbonyl (C=O) groups is 4. The lowest BCUT2D eigenvalue weighted by Crippen LogP contribution is -2.46. The van der Waals surface area contributed by atoms with Gasteiger partial charge >= 0.3 is 6.03 Å². The summed E-state index contributed by atoms with van der Waals surface area (Å²) in [6.45, 7) is 2.61. The smallest absolute Gasteiger partial charge is 0.325 e. The van der Waals surface area contributed by atoms with Crippen molar-refractivity contribution in [1.82, 2.24) is 10.2 Å². The van der Waals surface area contributed by atoms with Gasteiger partial charge in [0, 0.05) is 17.7 Å². The summed E-state index contributed by atoms with van der Waals surface area (Å²) in [4.78, 5) is 50.2. The van der Waals surface area contributed by atoms with Gasteiger partial charge in [-0.3, -0.25) is 19.3 Å². The van der Waals surface area contributed by atoms with Gasteiger partial charge in [0.25, 0.3) is 5.91 Å². The second-order valence-electron chi connectivity index (χ2n) is 7.33. The summed E-state index contributed by atoms with van der Waals surface area (Å²) in [5.74, 6) is -0.554. The summed E-state index contributed by atoms with van der Waals surface area (Å²) in [7, 11) is 1.54. The first-order chi connectivity index (χ1) is 14.2. The van der Waals surface area contributed by atoms with Crippen LogP contribution in [-0.4, -0.2) is 47.7 Å². The van der Waals surface area contributed by atoms with Gasteiger partial charge < -0.3 is 15.4 Å². The van der Waals surface area contributed by atoms with E-state index in [4.69, 9.17) is 4.74 Å². The van der Waals surface area contributed by atoms with Crippen molar-refractivity contribution >= 4 is 29.3 Å². The van der Waals surface area contributed by atoms with Gasteiger partial charge in [0.2, 0.25) is 5.91 Å². The van der Waals surface area contributed by atoms with Crippen molar-refractivity contribution in [2.24, 2.45) is 0 Å². The van der Waals surface area contributed by atoms with Crippen LogP contribution >= 0.6 is 0 Å². The third-order valence-electron chi connectivity index (χ3n) is 4.94. The fourth-order valence-corrected chi connectivity index (χ4v) is 3.40. The van der Waals surface area contributed by atoms with Gasteiger partial charge in [0.15, 0.2) is 5.78 Å². The number of hydrogen-bond acceptors (Lipinski definition) is 5. The maximum absolute atomic E-state index is 13.0. The molecule has 156 valence electrons. The van der Waals surface area contributed by atoms with Crippen molar-refractivity contribution in [3.8, 4) is 5.75 Å². The molecule has 2 aromatic carbocycles. The van der Waals surface area contributed by atoms with E-state index in [0.717, 1.165) is 10.5 Å². The summed E-state index contributed by atoms with van der Waals surface area (Å²) in [5, 5.41) is 5.30. The molecule has 0 saturated carbocycles. The third-order valence-corrected chi connectivity index (χ3v) is 4.94. The Morgan fingerprint density at radius 2 is 1.87 bits per heavy atom. The van der Waals surface area contributed by atoms with E-state index in [-0.39, 0.29) is 12.2 Å². The molecule has 30 heavy (non-hydrogen) atoms. The SMILES string of the molecule is COc1ccccc1C[C@]1(C)NC(=O)N(CC(=O)Nc2cccc(C(C)=O)c2)C1=O. The molecule has 2 aromatic rings. The van der Waals surface area contributed by atoms with Crippen molar-refractivity contribution in [1.29, 1.82) is 0 Å². The highest BCUT2D eigenvalue weighted by Gasteiger charge is 2.48. The summed E-state index contributed by atoms with van der Waals surface area (Å²) in [5.41, 5.74) is 0.438. The third kappa shape index (κ3) is 4.32. The number of para-hydroxylation sites is 1. The Balaban J connectivity index is 1.70. The number of amides is 4. The topological polar surface area (TPSA) is 105 Å². The number of Topliss-reactive ketones (excluding diaryl/α,β-unsaturated/α-hetero) is 1. The van der Waals surface area contributed by atoms with Crippen LogP contribution < -0.4 is 15.4 Å². The molecule has 3 rings (SSSR count). The van der Waals surface area contributed by atoms with Crippen LogP contribution in [0.2, 0.25) is 0 Å². The van der Waals surface area contributed by atoms with E-state index < -0.39 is 29.9 Å². The number of carbonyl (C=O) groups excluding carboxylic acids is 4. The minimum atomic E-state index is -1.19. The van der Waals surface area contributed by atoms with Crippen LogP contribution in [0.1, 0.15) is 29.8 Å². The van der Waals surface area contributed by atoms with Gasteiger partial charge in [-0.05, 0) is 37.6 Å². The molecule has 2 N–H and O–H groups in total. The molecule has 1 heterocycles. The van der Waals surface area contributed by atoms with E-state index in [2.05, 4.69) is 10.6 Å². The van der Waals surface area contributed by atoms with E-state index in [1.165, 1.54) is 20.1 Å². The molecule has 1 fully saturated rings. The predicted octanol–water partition coefficient (Wildman–Crippen LogP) is 2.39. The summed E-state index contributed by atoms with van der Waals surface area (Å²) in [6.07, 6.45) is 0.223. The number of benzene rings is 2. The zero-order chi connectivity index (χ0) is 21.9. The molecule has 0 unspecified atom stereocenters. The van der Waals surface area contributed by atoms with Gasteiger partial charge in [-0.2, -0.15) is 0 Å². The van der Waals surface area contributed by atoms with E-state index in [1.54, 1.807) is 31.2 Å². The zero-order valence-corrected chi connectivity index (χ0v) is 17.0. The number of hydrogen-bond donors (Lipinski definition) is 2. The van der Waals surface area contributed by atoms with Crippen LogP contribution in [-0.2, 0) is 16.0 Å². The number of urea groups is 1. The molecule has 0 bridgehead atoms. The number of ketones is 1. The predicted molar refractivity (Wildman–Crippen MR) is 110 cm³/mol. The van der Waals surface area contributed by atoms with Crippen molar-refractivity contribution < 1.29 is 23.9 Å². The van der Waals surface area contributed by atoms with Crippen molar-refractivity contribution in [2.45, 2.75) is 25.8 Å². The van der Waals surface area contributed by atoms with E-state index in [1.807, 2.05) is 18.2 Å². The summed E-state index contributed by atoms with van der Waals surface area (Å²) in [6, 6.07) is 13.1. The summed E-state index contributed by atoms with van der Waals surface area (Å²) < 4.78 is 5.32. The number of ether oxygens (including phenoxy) is 1. The fraction of sp³-hybridized carbons (Fsp3) is 0.273. The molecule has 1 aliphatic heterocycles. The molecular formula is C22H23N3O5. The Morgan fingerprint density at radius 3 is 2.57 bits per heavy atom. The lowest BCUT2D eigenvalue weighted by Gasteiger charge is -2.22. The second kappa shape index (κ2) is 8.36. The quantitative estimate of drug-likeness (QED) is 0.540. The molecule has 8 nitrogen and oxygen atoms in total. The molecule has 0 aliphatic carbocycles. The minimum absolute atomic E-state index is 0.132. The Bertz CT molecular complexity index is 1020. The Kier molecular flexibility index (Phi) is 5.86. The number of rotatable bonds is 7. The Labute approximate surface area is 174 Å². The van der Waals surface area contributed by atoms with Gasteiger partial charge in [-0.1, -0.05) is 30.3 Å². The Morgan fingerprint density at radius 1 is 1.13 bits per heavy atom. The van der Waals surface area contributed by atoms with Gasteiger partial charge in [0.05, 0.1) is 7.11 Å². The van der Waals surface area contributed by atoms with Crippen molar-refractivity contribution in [3.05, 3.63) is 59.7 Å².